The molecule has 1 nitrogen and oxygen atoms in total. The van der Waals surface area contributed by atoms with Crippen molar-refractivity contribution in [2.75, 3.05) is 6.61 Å². The first-order chi connectivity index (χ1) is 7.54. The Labute approximate surface area is 99.9 Å². The van der Waals surface area contributed by atoms with Crippen LogP contribution in [0.25, 0.3) is 0 Å². The van der Waals surface area contributed by atoms with Crippen LogP contribution < -0.4 is 0 Å². The van der Waals surface area contributed by atoms with Crippen LogP contribution in [0, 0.1) is 29.6 Å². The van der Waals surface area contributed by atoms with Gasteiger partial charge in [-0.1, -0.05) is 6.42 Å². The number of ether oxygens (including phenoxy) is 1. The summed E-state index contributed by atoms with van der Waals surface area (Å²) in [6, 6.07) is 0. The minimum Gasteiger partial charge on any atom is -0.376 e. The normalized spacial score (nSPS) is 46.3. The fourth-order valence-corrected chi connectivity index (χ4v) is 4.76. The maximum atomic E-state index is 6.01. The summed E-state index contributed by atoms with van der Waals surface area (Å²) < 4.78 is 6.01. The Bertz CT molecular complexity index is 265. The molecule has 0 aromatic rings. The van der Waals surface area contributed by atoms with E-state index in [0.717, 1.165) is 36.2 Å². The second kappa shape index (κ2) is 3.73. The molecule has 0 radical (unpaired) electrons. The van der Waals surface area contributed by atoms with Crippen LogP contribution in [0.15, 0.2) is 0 Å². The van der Waals surface area contributed by atoms with Gasteiger partial charge in [0.25, 0.3) is 0 Å². The van der Waals surface area contributed by atoms with Crippen LogP contribution in [0.5, 0.6) is 0 Å². The molecule has 3 saturated carbocycles. The van der Waals surface area contributed by atoms with Crippen LogP contribution in [0.1, 0.15) is 52.9 Å². The van der Waals surface area contributed by atoms with Crippen molar-refractivity contribution >= 4 is 0 Å². The predicted molar refractivity (Wildman–Crippen MR) is 66.2 cm³/mol. The first-order valence-electron chi connectivity index (χ1n) is 7.18. The van der Waals surface area contributed by atoms with E-state index in [1.807, 2.05) is 0 Å². The molecular formula is C15H26O. The summed E-state index contributed by atoms with van der Waals surface area (Å²) in [6.07, 6.45) is 7.58. The van der Waals surface area contributed by atoms with Crippen molar-refractivity contribution in [2.45, 2.75) is 58.5 Å². The molecule has 0 amide bonds. The number of hydrogen-bond acceptors (Lipinski definition) is 1. The highest BCUT2D eigenvalue weighted by Gasteiger charge is 2.53. The SMILES string of the molecule is CC(C)(C)OCC1CC2CC1C1CCCC21. The van der Waals surface area contributed by atoms with Gasteiger partial charge in [0.05, 0.1) is 12.2 Å². The molecule has 3 aliphatic rings. The Morgan fingerprint density at radius 3 is 2.50 bits per heavy atom. The van der Waals surface area contributed by atoms with Crippen molar-refractivity contribution in [3.05, 3.63) is 0 Å². The van der Waals surface area contributed by atoms with Crippen molar-refractivity contribution in [3.63, 3.8) is 0 Å². The van der Waals surface area contributed by atoms with Crippen LogP contribution >= 0.6 is 0 Å². The Morgan fingerprint density at radius 1 is 1.00 bits per heavy atom. The third-order valence-corrected chi connectivity index (χ3v) is 5.30. The van der Waals surface area contributed by atoms with E-state index >= 15 is 0 Å². The highest BCUT2D eigenvalue weighted by atomic mass is 16.5. The monoisotopic (exact) mass is 222 g/mol. The maximum absolute atomic E-state index is 6.01. The molecule has 3 aliphatic carbocycles. The highest BCUT2D eigenvalue weighted by molar-refractivity contribution is 5.02. The van der Waals surface area contributed by atoms with Crippen LogP contribution in [-0.4, -0.2) is 12.2 Å². The summed E-state index contributed by atoms with van der Waals surface area (Å²) in [6.45, 7) is 7.56. The Kier molecular flexibility index (Phi) is 2.58. The summed E-state index contributed by atoms with van der Waals surface area (Å²) in [7, 11) is 0. The average molecular weight is 222 g/mol. The zero-order valence-electron chi connectivity index (χ0n) is 11.0. The first-order valence-corrected chi connectivity index (χ1v) is 7.18. The molecule has 0 N–H and O–H groups in total. The lowest BCUT2D eigenvalue weighted by Gasteiger charge is -2.33. The van der Waals surface area contributed by atoms with Crippen molar-refractivity contribution in [1.82, 2.24) is 0 Å². The van der Waals surface area contributed by atoms with E-state index in [4.69, 9.17) is 4.74 Å². The summed E-state index contributed by atoms with van der Waals surface area (Å²) >= 11 is 0. The molecule has 3 fully saturated rings. The summed E-state index contributed by atoms with van der Waals surface area (Å²) in [5, 5.41) is 0. The molecule has 2 bridgehead atoms. The van der Waals surface area contributed by atoms with E-state index in [-0.39, 0.29) is 5.60 Å². The van der Waals surface area contributed by atoms with Gasteiger partial charge in [0.15, 0.2) is 0 Å². The molecule has 0 aromatic carbocycles. The summed E-state index contributed by atoms with van der Waals surface area (Å²) in [4.78, 5) is 0. The smallest absolute Gasteiger partial charge is 0.0598 e. The molecule has 0 heterocycles. The molecule has 0 saturated heterocycles. The highest BCUT2D eigenvalue weighted by Crippen LogP contribution is 2.60. The Morgan fingerprint density at radius 2 is 1.75 bits per heavy atom. The van der Waals surface area contributed by atoms with Crippen molar-refractivity contribution in [3.8, 4) is 0 Å². The lowest BCUT2D eigenvalue weighted by Crippen LogP contribution is -2.30. The largest absolute Gasteiger partial charge is 0.376 e. The Hall–Kier alpha value is -0.0400. The minimum absolute atomic E-state index is 0.0525. The van der Waals surface area contributed by atoms with Crippen molar-refractivity contribution < 1.29 is 4.74 Å². The predicted octanol–water partition coefficient (Wildman–Crippen LogP) is 3.87. The Balaban J connectivity index is 1.60. The molecule has 16 heavy (non-hydrogen) atoms. The zero-order chi connectivity index (χ0) is 11.3. The van der Waals surface area contributed by atoms with Crippen LogP contribution in [-0.2, 0) is 4.74 Å². The minimum atomic E-state index is 0.0525. The maximum Gasteiger partial charge on any atom is 0.0598 e. The van der Waals surface area contributed by atoms with Crippen LogP contribution in [0.4, 0.5) is 0 Å². The lowest BCUT2D eigenvalue weighted by atomic mass is 9.76. The van der Waals surface area contributed by atoms with Gasteiger partial charge in [-0.15, -0.1) is 0 Å². The van der Waals surface area contributed by atoms with E-state index in [1.165, 1.54) is 25.7 Å². The quantitative estimate of drug-likeness (QED) is 0.689. The first kappa shape index (κ1) is 11.1. The van der Waals surface area contributed by atoms with Crippen LogP contribution in [0.2, 0.25) is 0 Å². The number of rotatable bonds is 2. The van der Waals surface area contributed by atoms with Gasteiger partial charge >= 0.3 is 0 Å². The molecule has 0 aliphatic heterocycles. The fourth-order valence-electron chi connectivity index (χ4n) is 4.76. The van der Waals surface area contributed by atoms with Crippen LogP contribution in [0.3, 0.4) is 0 Å². The van der Waals surface area contributed by atoms with E-state index in [1.54, 1.807) is 6.42 Å². The van der Waals surface area contributed by atoms with Gasteiger partial charge in [-0.05, 0) is 76.0 Å². The summed E-state index contributed by atoms with van der Waals surface area (Å²) in [5.74, 6) is 5.21. The molecule has 1 heteroatoms. The number of fused-ring (bicyclic) bond motifs is 5. The molecule has 3 rings (SSSR count). The molecule has 5 atom stereocenters. The fraction of sp³-hybridized carbons (Fsp3) is 1.00. The lowest BCUT2D eigenvalue weighted by molar-refractivity contribution is -0.0385. The topological polar surface area (TPSA) is 9.23 Å². The molecule has 5 unspecified atom stereocenters. The third-order valence-electron chi connectivity index (χ3n) is 5.30. The van der Waals surface area contributed by atoms with E-state index in [2.05, 4.69) is 20.8 Å². The van der Waals surface area contributed by atoms with Crippen molar-refractivity contribution in [2.24, 2.45) is 29.6 Å². The summed E-state index contributed by atoms with van der Waals surface area (Å²) in [5.41, 5.74) is 0.0525. The second-order valence-corrected chi connectivity index (χ2v) is 7.34. The van der Waals surface area contributed by atoms with Gasteiger partial charge in [0, 0.05) is 0 Å². The molecule has 92 valence electrons. The average Bonchev–Trinajstić information content (AvgIpc) is 2.85. The van der Waals surface area contributed by atoms with E-state index in [9.17, 15) is 0 Å². The van der Waals surface area contributed by atoms with Gasteiger partial charge in [0.2, 0.25) is 0 Å². The number of hydrogen-bond donors (Lipinski definition) is 0. The third kappa shape index (κ3) is 1.81. The van der Waals surface area contributed by atoms with E-state index in [0.29, 0.717) is 0 Å². The molecular weight excluding hydrogens is 196 g/mol. The van der Waals surface area contributed by atoms with Gasteiger partial charge in [-0.2, -0.15) is 0 Å². The molecule has 0 spiro atoms. The zero-order valence-corrected chi connectivity index (χ0v) is 11.0. The second-order valence-electron chi connectivity index (χ2n) is 7.34. The molecule has 0 aromatic heterocycles. The standard InChI is InChI=1S/C15H26O/c1-15(2,3)16-9-11-7-10-8-14(11)13-6-4-5-12(10)13/h10-14H,4-9H2,1-3H3. The van der Waals surface area contributed by atoms with E-state index < -0.39 is 0 Å². The van der Waals surface area contributed by atoms with Gasteiger partial charge in [0.1, 0.15) is 0 Å². The van der Waals surface area contributed by atoms with Gasteiger partial charge < -0.3 is 4.74 Å². The van der Waals surface area contributed by atoms with Gasteiger partial charge in [-0.25, -0.2) is 0 Å². The van der Waals surface area contributed by atoms with Crippen molar-refractivity contribution in [1.29, 1.82) is 0 Å². The van der Waals surface area contributed by atoms with Gasteiger partial charge in [-0.3, -0.25) is 0 Å².